The molecule has 1 heterocycles. The summed E-state index contributed by atoms with van der Waals surface area (Å²) < 4.78 is 14.2. The second-order valence-electron chi connectivity index (χ2n) is 5.17. The minimum atomic E-state index is -0.967. The first kappa shape index (κ1) is 15.5. The summed E-state index contributed by atoms with van der Waals surface area (Å²) in [5, 5.41) is 9.75. The quantitative estimate of drug-likeness (QED) is 0.716. The molecule has 23 heavy (non-hydrogen) atoms. The lowest BCUT2D eigenvalue weighted by Gasteiger charge is -2.08. The normalized spacial score (nSPS) is 10.9. The zero-order chi connectivity index (χ0) is 16.4. The molecular weight excluding hydrogens is 313 g/mol. The first-order valence-electron chi connectivity index (χ1n) is 7.05. The van der Waals surface area contributed by atoms with Gasteiger partial charge in [-0.3, -0.25) is 4.79 Å². The fourth-order valence-corrected chi connectivity index (χ4v) is 3.05. The molecule has 0 aliphatic rings. The number of fused-ring (bicyclic) bond motifs is 1. The Morgan fingerprint density at radius 3 is 2.74 bits per heavy atom. The number of thioether (sulfide) groups is 1. The second kappa shape index (κ2) is 6.38. The van der Waals surface area contributed by atoms with E-state index in [4.69, 9.17) is 5.11 Å². The number of aryl methyl sites for hydroxylation is 1. The van der Waals surface area contributed by atoms with Gasteiger partial charge in [0.25, 0.3) is 0 Å². The number of para-hydroxylation sites is 1. The lowest BCUT2D eigenvalue weighted by molar-refractivity contribution is -0.133. The maximum atomic E-state index is 14.2. The molecule has 0 saturated heterocycles. The fraction of sp³-hybridized carbons (Fsp3) is 0.111. The monoisotopic (exact) mass is 327 g/mol. The molecule has 0 bridgehead atoms. The Morgan fingerprint density at radius 2 is 2.00 bits per heavy atom. The summed E-state index contributed by atoms with van der Waals surface area (Å²) in [6, 6.07) is 14.5. The van der Waals surface area contributed by atoms with Crippen LogP contribution in [0, 0.1) is 12.7 Å². The number of carboxylic acids is 1. The van der Waals surface area contributed by atoms with Crippen LogP contribution in [-0.4, -0.2) is 21.8 Å². The zero-order valence-corrected chi connectivity index (χ0v) is 13.2. The van der Waals surface area contributed by atoms with Crippen LogP contribution in [0.5, 0.6) is 0 Å². The third kappa shape index (κ3) is 3.35. The van der Waals surface area contributed by atoms with E-state index in [1.54, 1.807) is 12.1 Å². The van der Waals surface area contributed by atoms with E-state index in [1.807, 2.05) is 37.3 Å². The summed E-state index contributed by atoms with van der Waals surface area (Å²) in [4.78, 5) is 15.5. The predicted molar refractivity (Wildman–Crippen MR) is 90.2 cm³/mol. The molecule has 3 rings (SSSR count). The topological polar surface area (TPSA) is 50.2 Å². The third-order valence-electron chi connectivity index (χ3n) is 3.50. The van der Waals surface area contributed by atoms with E-state index in [2.05, 4.69) is 4.98 Å². The number of aliphatic carboxylic acids is 1. The Balaban J connectivity index is 1.99. The molecule has 116 valence electrons. The maximum absolute atomic E-state index is 14.2. The lowest BCUT2D eigenvalue weighted by Crippen LogP contribution is -1.98. The number of nitrogens with zero attached hydrogens (tertiary/aromatic N) is 1. The van der Waals surface area contributed by atoms with E-state index in [-0.39, 0.29) is 5.75 Å². The Morgan fingerprint density at radius 1 is 1.22 bits per heavy atom. The first-order valence-corrected chi connectivity index (χ1v) is 8.04. The van der Waals surface area contributed by atoms with Gasteiger partial charge in [-0.25, -0.2) is 9.37 Å². The van der Waals surface area contributed by atoms with Crippen molar-refractivity contribution in [3.63, 3.8) is 0 Å². The summed E-state index contributed by atoms with van der Waals surface area (Å²) >= 11 is 0.970. The number of halogens is 1. The van der Waals surface area contributed by atoms with E-state index in [0.717, 1.165) is 28.2 Å². The molecule has 0 unspecified atom stereocenters. The van der Waals surface area contributed by atoms with Gasteiger partial charge in [-0.15, -0.1) is 11.8 Å². The van der Waals surface area contributed by atoms with Crippen molar-refractivity contribution in [2.75, 3.05) is 5.75 Å². The van der Waals surface area contributed by atoms with Crippen molar-refractivity contribution >= 4 is 28.6 Å². The first-order chi connectivity index (χ1) is 11.0. The average molecular weight is 327 g/mol. The fourth-order valence-electron chi connectivity index (χ4n) is 2.41. The number of hydrogen-bond donors (Lipinski definition) is 1. The Labute approximate surface area is 137 Å². The molecule has 3 aromatic rings. The second-order valence-corrected chi connectivity index (χ2v) is 6.19. The highest BCUT2D eigenvalue weighted by Crippen LogP contribution is 2.28. The van der Waals surface area contributed by atoms with Gasteiger partial charge in [-0.05, 0) is 36.8 Å². The average Bonchev–Trinajstić information content (AvgIpc) is 2.53. The smallest absolute Gasteiger partial charge is 0.313 e. The van der Waals surface area contributed by atoms with Gasteiger partial charge in [-0.2, -0.15) is 0 Å². The van der Waals surface area contributed by atoms with E-state index in [0.29, 0.717) is 16.2 Å². The molecule has 3 nitrogen and oxygen atoms in total. The van der Waals surface area contributed by atoms with Crippen LogP contribution < -0.4 is 0 Å². The van der Waals surface area contributed by atoms with Crippen molar-refractivity contribution < 1.29 is 14.3 Å². The summed E-state index contributed by atoms with van der Waals surface area (Å²) in [7, 11) is 0. The maximum Gasteiger partial charge on any atom is 0.313 e. The van der Waals surface area contributed by atoms with E-state index in [1.165, 1.54) is 6.07 Å². The number of carbonyl (C=O) groups is 1. The van der Waals surface area contributed by atoms with Gasteiger partial charge in [0, 0.05) is 15.8 Å². The lowest BCUT2D eigenvalue weighted by atomic mass is 10.1. The van der Waals surface area contributed by atoms with Crippen LogP contribution in [0.2, 0.25) is 0 Å². The Hall–Kier alpha value is -2.40. The van der Waals surface area contributed by atoms with Crippen molar-refractivity contribution in [3.05, 3.63) is 59.9 Å². The number of hydrogen-bond acceptors (Lipinski definition) is 3. The van der Waals surface area contributed by atoms with Crippen molar-refractivity contribution in [3.8, 4) is 11.3 Å². The molecule has 0 fully saturated rings. The van der Waals surface area contributed by atoms with Gasteiger partial charge >= 0.3 is 5.97 Å². The van der Waals surface area contributed by atoms with Crippen molar-refractivity contribution in [1.82, 2.24) is 4.98 Å². The van der Waals surface area contributed by atoms with Crippen LogP contribution in [0.15, 0.2) is 53.4 Å². The number of aromatic nitrogens is 1. The molecule has 0 spiro atoms. The molecule has 0 atom stereocenters. The molecule has 0 aliphatic heterocycles. The minimum Gasteiger partial charge on any atom is -0.481 e. The van der Waals surface area contributed by atoms with Gasteiger partial charge in [0.1, 0.15) is 5.82 Å². The highest BCUT2D eigenvalue weighted by atomic mass is 32.2. The van der Waals surface area contributed by atoms with E-state index >= 15 is 0 Å². The Bertz CT molecular complexity index is 895. The molecular formula is C18H14FNO2S. The third-order valence-corrected chi connectivity index (χ3v) is 4.54. The molecule has 0 amide bonds. The SMILES string of the molecule is Cc1cc(-c2ccc(SCC(=O)O)c(F)c2)nc2ccccc12. The number of rotatable bonds is 4. The summed E-state index contributed by atoms with van der Waals surface area (Å²) in [5.74, 6) is -1.56. The van der Waals surface area contributed by atoms with Gasteiger partial charge in [0.05, 0.1) is 17.0 Å². The van der Waals surface area contributed by atoms with Crippen LogP contribution in [0.25, 0.3) is 22.2 Å². The van der Waals surface area contributed by atoms with Gasteiger partial charge in [0.15, 0.2) is 0 Å². The summed E-state index contributed by atoms with van der Waals surface area (Å²) in [5.41, 5.74) is 3.33. The molecule has 0 radical (unpaired) electrons. The number of benzene rings is 2. The van der Waals surface area contributed by atoms with Gasteiger partial charge in [0.2, 0.25) is 0 Å². The Kier molecular flexibility index (Phi) is 4.30. The molecule has 2 aromatic carbocycles. The van der Waals surface area contributed by atoms with Crippen LogP contribution in [0.1, 0.15) is 5.56 Å². The highest BCUT2D eigenvalue weighted by Gasteiger charge is 2.10. The molecule has 1 N–H and O–H groups in total. The van der Waals surface area contributed by atoms with Gasteiger partial charge in [-0.1, -0.05) is 24.3 Å². The minimum absolute atomic E-state index is 0.163. The molecule has 1 aromatic heterocycles. The molecule has 0 aliphatic carbocycles. The highest BCUT2D eigenvalue weighted by molar-refractivity contribution is 8.00. The summed E-state index contributed by atoms with van der Waals surface area (Å²) in [6.45, 7) is 2.00. The summed E-state index contributed by atoms with van der Waals surface area (Å²) in [6.07, 6.45) is 0. The van der Waals surface area contributed by atoms with Crippen molar-refractivity contribution in [2.24, 2.45) is 0 Å². The predicted octanol–water partition coefficient (Wildman–Crippen LogP) is 4.53. The van der Waals surface area contributed by atoms with E-state index in [9.17, 15) is 9.18 Å². The van der Waals surface area contributed by atoms with Crippen LogP contribution in [0.3, 0.4) is 0 Å². The van der Waals surface area contributed by atoms with Crippen molar-refractivity contribution in [2.45, 2.75) is 11.8 Å². The molecule has 5 heteroatoms. The van der Waals surface area contributed by atoms with Gasteiger partial charge < -0.3 is 5.11 Å². The van der Waals surface area contributed by atoms with E-state index < -0.39 is 11.8 Å². The van der Waals surface area contributed by atoms with Crippen molar-refractivity contribution in [1.29, 1.82) is 0 Å². The number of pyridine rings is 1. The number of carboxylic acid groups (broad SMARTS) is 1. The van der Waals surface area contributed by atoms with Crippen LogP contribution in [0.4, 0.5) is 4.39 Å². The standard InChI is InChI=1S/C18H14FNO2S/c1-11-8-16(20-15-5-3-2-4-13(11)15)12-6-7-17(14(19)9-12)23-10-18(21)22/h2-9H,10H2,1H3,(H,21,22). The van der Waals surface area contributed by atoms with Crippen LogP contribution in [-0.2, 0) is 4.79 Å². The zero-order valence-electron chi connectivity index (χ0n) is 12.4. The molecule has 0 saturated carbocycles. The van der Waals surface area contributed by atoms with Crippen LogP contribution >= 0.6 is 11.8 Å². The largest absolute Gasteiger partial charge is 0.481 e.